The van der Waals surface area contributed by atoms with E-state index in [1.807, 2.05) is 13.8 Å². The van der Waals surface area contributed by atoms with Crippen molar-refractivity contribution >= 4 is 39.1 Å². The highest BCUT2D eigenvalue weighted by Gasteiger charge is 2.32. The highest BCUT2D eigenvalue weighted by molar-refractivity contribution is 7.92. The van der Waals surface area contributed by atoms with Crippen molar-refractivity contribution in [2.45, 2.75) is 45.2 Å². The van der Waals surface area contributed by atoms with Gasteiger partial charge in [-0.25, -0.2) is 8.42 Å². The third-order valence-corrected chi connectivity index (χ3v) is 8.18. The number of amides is 2. The molecule has 37 heavy (non-hydrogen) atoms. The Hall–Kier alpha value is -3.36. The van der Waals surface area contributed by atoms with Crippen LogP contribution in [0, 0.1) is 13.8 Å². The van der Waals surface area contributed by atoms with Crippen molar-refractivity contribution < 1.29 is 18.0 Å². The molecule has 1 N–H and O–H groups in total. The topological polar surface area (TPSA) is 86.8 Å². The average molecular weight is 542 g/mol. The molecule has 0 radical (unpaired) electrons. The van der Waals surface area contributed by atoms with Crippen LogP contribution in [0.2, 0.25) is 5.02 Å². The molecule has 2 amide bonds. The fourth-order valence-corrected chi connectivity index (χ4v) is 5.40. The summed E-state index contributed by atoms with van der Waals surface area (Å²) in [4.78, 5) is 28.0. The maximum Gasteiger partial charge on any atom is 0.264 e. The van der Waals surface area contributed by atoms with Gasteiger partial charge in [0, 0.05) is 18.1 Å². The minimum absolute atomic E-state index is 0.0448. The molecular formula is C28H32ClN3O4S. The first kappa shape index (κ1) is 28.2. The molecule has 0 aliphatic carbocycles. The summed E-state index contributed by atoms with van der Waals surface area (Å²) in [5.74, 6) is -0.874. The number of aryl methyl sites for hydroxylation is 2. The van der Waals surface area contributed by atoms with Crippen molar-refractivity contribution in [2.75, 3.05) is 17.4 Å². The van der Waals surface area contributed by atoms with E-state index >= 15 is 0 Å². The van der Waals surface area contributed by atoms with Gasteiger partial charge in [-0.2, -0.15) is 0 Å². The molecule has 3 aromatic carbocycles. The van der Waals surface area contributed by atoms with Crippen molar-refractivity contribution in [1.29, 1.82) is 0 Å². The summed E-state index contributed by atoms with van der Waals surface area (Å²) < 4.78 is 28.6. The molecule has 3 aromatic rings. The molecule has 1 atom stereocenters. The van der Waals surface area contributed by atoms with Crippen molar-refractivity contribution in [3.63, 3.8) is 0 Å². The molecule has 0 bridgehead atoms. The molecule has 0 spiro atoms. The second-order valence-electron chi connectivity index (χ2n) is 8.84. The van der Waals surface area contributed by atoms with Crippen LogP contribution in [0.4, 0.5) is 5.69 Å². The Morgan fingerprint density at radius 1 is 0.919 bits per heavy atom. The molecule has 0 aliphatic heterocycles. The highest BCUT2D eigenvalue weighted by atomic mass is 35.5. The van der Waals surface area contributed by atoms with Crippen LogP contribution in [0.15, 0.2) is 77.7 Å². The normalized spacial score (nSPS) is 12.0. The number of nitrogens with one attached hydrogen (secondary N) is 1. The van der Waals surface area contributed by atoms with Crippen LogP contribution >= 0.6 is 11.6 Å². The van der Waals surface area contributed by atoms with Gasteiger partial charge in [-0.15, -0.1) is 0 Å². The third kappa shape index (κ3) is 6.90. The van der Waals surface area contributed by atoms with Crippen LogP contribution in [-0.4, -0.2) is 44.3 Å². The summed E-state index contributed by atoms with van der Waals surface area (Å²) in [7, 11) is -4.09. The second-order valence-corrected chi connectivity index (χ2v) is 11.1. The summed E-state index contributed by atoms with van der Waals surface area (Å²) in [5, 5.41) is 3.19. The highest BCUT2D eigenvalue weighted by Crippen LogP contribution is 2.26. The molecule has 7 nitrogen and oxygen atoms in total. The molecule has 196 valence electrons. The van der Waals surface area contributed by atoms with E-state index in [0.29, 0.717) is 22.8 Å². The third-order valence-electron chi connectivity index (χ3n) is 6.03. The predicted molar refractivity (Wildman–Crippen MR) is 147 cm³/mol. The van der Waals surface area contributed by atoms with E-state index in [9.17, 15) is 18.0 Å². The number of nitrogens with zero attached hydrogens (tertiary/aromatic N) is 2. The van der Waals surface area contributed by atoms with Gasteiger partial charge in [-0.05, 0) is 63.6 Å². The molecule has 0 aromatic heterocycles. The minimum atomic E-state index is -4.09. The Balaban J connectivity index is 2.03. The fourth-order valence-electron chi connectivity index (χ4n) is 3.79. The zero-order valence-electron chi connectivity index (χ0n) is 21.4. The summed E-state index contributed by atoms with van der Waals surface area (Å²) in [6.07, 6.45) is 0. The van der Waals surface area contributed by atoms with E-state index in [1.54, 1.807) is 74.5 Å². The van der Waals surface area contributed by atoms with Gasteiger partial charge in [0.05, 0.1) is 10.6 Å². The first-order valence-electron chi connectivity index (χ1n) is 12.0. The van der Waals surface area contributed by atoms with E-state index in [2.05, 4.69) is 5.32 Å². The lowest BCUT2D eigenvalue weighted by Gasteiger charge is -2.32. The lowest BCUT2D eigenvalue weighted by molar-refractivity contribution is -0.139. The van der Waals surface area contributed by atoms with Crippen LogP contribution < -0.4 is 9.62 Å². The van der Waals surface area contributed by atoms with Gasteiger partial charge in [0.2, 0.25) is 11.8 Å². The fraction of sp³-hybridized carbons (Fsp3) is 0.286. The number of anilines is 1. The quantitative estimate of drug-likeness (QED) is 0.403. The van der Waals surface area contributed by atoms with E-state index in [-0.39, 0.29) is 17.3 Å². The predicted octanol–water partition coefficient (Wildman–Crippen LogP) is 4.71. The maximum atomic E-state index is 13.8. The zero-order valence-corrected chi connectivity index (χ0v) is 23.0. The number of halogens is 1. The average Bonchev–Trinajstić information content (AvgIpc) is 2.87. The van der Waals surface area contributed by atoms with E-state index in [4.69, 9.17) is 11.6 Å². The second kappa shape index (κ2) is 12.3. The molecule has 0 saturated heterocycles. The van der Waals surface area contributed by atoms with Crippen molar-refractivity contribution in [2.24, 2.45) is 0 Å². The summed E-state index contributed by atoms with van der Waals surface area (Å²) in [6.45, 7) is 7.12. The molecule has 9 heteroatoms. The van der Waals surface area contributed by atoms with Crippen LogP contribution in [0.3, 0.4) is 0 Å². The number of benzene rings is 3. The first-order valence-corrected chi connectivity index (χ1v) is 13.8. The van der Waals surface area contributed by atoms with E-state index in [1.165, 1.54) is 17.0 Å². The number of likely N-dealkylation sites (N-methyl/N-ethyl adjacent to an activating group) is 1. The number of hydrogen-bond acceptors (Lipinski definition) is 4. The van der Waals surface area contributed by atoms with Gasteiger partial charge in [0.25, 0.3) is 10.0 Å². The summed E-state index contributed by atoms with van der Waals surface area (Å²) in [5.41, 5.74) is 2.87. The summed E-state index contributed by atoms with van der Waals surface area (Å²) >= 11 is 6.36. The molecule has 0 fully saturated rings. The van der Waals surface area contributed by atoms with Crippen LogP contribution in [0.1, 0.15) is 30.5 Å². The first-order chi connectivity index (χ1) is 17.5. The molecular weight excluding hydrogens is 510 g/mol. The lowest BCUT2D eigenvalue weighted by Crippen LogP contribution is -2.51. The number of rotatable bonds is 10. The molecule has 0 heterocycles. The van der Waals surface area contributed by atoms with Crippen molar-refractivity contribution in [1.82, 2.24) is 10.2 Å². The smallest absolute Gasteiger partial charge is 0.264 e. The van der Waals surface area contributed by atoms with Crippen LogP contribution in [0.5, 0.6) is 0 Å². The van der Waals surface area contributed by atoms with Gasteiger partial charge >= 0.3 is 0 Å². The van der Waals surface area contributed by atoms with E-state index < -0.39 is 28.5 Å². The van der Waals surface area contributed by atoms with Crippen LogP contribution in [0.25, 0.3) is 0 Å². The standard InChI is InChI=1S/C28H32ClN3O4S/c1-5-30-28(34)22(4)31(18-23-8-6-7-9-26(23)29)27(33)19-32(24-14-10-20(2)11-15-24)37(35,36)25-16-12-21(3)13-17-25/h6-17,22H,5,18-19H2,1-4H3,(H,30,34). The van der Waals surface area contributed by atoms with Crippen molar-refractivity contribution in [3.8, 4) is 0 Å². The number of sulfonamides is 1. The number of carbonyl (C=O) groups is 2. The lowest BCUT2D eigenvalue weighted by atomic mass is 10.1. The Labute approximate surface area is 224 Å². The van der Waals surface area contributed by atoms with Gasteiger partial charge in [-0.3, -0.25) is 13.9 Å². The van der Waals surface area contributed by atoms with Gasteiger partial charge < -0.3 is 10.2 Å². The Bertz CT molecular complexity index is 1340. The maximum absolute atomic E-state index is 13.8. The monoisotopic (exact) mass is 541 g/mol. The van der Waals surface area contributed by atoms with Gasteiger partial charge in [0.1, 0.15) is 12.6 Å². The van der Waals surface area contributed by atoms with Crippen LogP contribution in [-0.2, 0) is 26.2 Å². The zero-order chi connectivity index (χ0) is 27.2. The Morgan fingerprint density at radius 2 is 1.49 bits per heavy atom. The number of carbonyl (C=O) groups excluding carboxylic acids is 2. The molecule has 0 saturated carbocycles. The Morgan fingerprint density at radius 3 is 2.05 bits per heavy atom. The largest absolute Gasteiger partial charge is 0.355 e. The number of hydrogen-bond donors (Lipinski definition) is 1. The molecule has 3 rings (SSSR count). The Kier molecular flexibility index (Phi) is 9.34. The van der Waals surface area contributed by atoms with Crippen molar-refractivity contribution in [3.05, 3.63) is 94.5 Å². The summed E-state index contributed by atoms with van der Waals surface area (Å²) in [6, 6.07) is 19.6. The van der Waals surface area contributed by atoms with E-state index in [0.717, 1.165) is 15.4 Å². The van der Waals surface area contributed by atoms with Gasteiger partial charge in [0.15, 0.2) is 0 Å². The molecule has 1 unspecified atom stereocenters. The minimum Gasteiger partial charge on any atom is -0.355 e. The molecule has 0 aliphatic rings. The SMILES string of the molecule is CCNC(=O)C(C)N(Cc1ccccc1Cl)C(=O)CN(c1ccc(C)cc1)S(=O)(=O)c1ccc(C)cc1. The van der Waals surface area contributed by atoms with Gasteiger partial charge in [-0.1, -0.05) is 65.2 Å².